The van der Waals surface area contributed by atoms with E-state index in [0.29, 0.717) is 37.6 Å². The van der Waals surface area contributed by atoms with E-state index < -0.39 is 11.6 Å². The first-order valence-electron chi connectivity index (χ1n) is 15.6. The highest BCUT2D eigenvalue weighted by Crippen LogP contribution is 2.30. The molecule has 1 saturated heterocycles. The maximum atomic E-state index is 12.1. The van der Waals surface area contributed by atoms with Gasteiger partial charge >= 0.3 is 0 Å². The van der Waals surface area contributed by atoms with E-state index in [9.17, 15) is 24.3 Å². The number of likely N-dealkylation sites (tertiary alicyclic amines) is 1. The summed E-state index contributed by atoms with van der Waals surface area (Å²) < 4.78 is 0. The monoisotopic (exact) mass is 621 g/mol. The Balaban J connectivity index is 0.000000355. The van der Waals surface area contributed by atoms with Gasteiger partial charge in [-0.1, -0.05) is 58.3 Å². The van der Waals surface area contributed by atoms with E-state index in [1.807, 2.05) is 25.3 Å². The highest BCUT2D eigenvalue weighted by atomic mass is 32.2. The van der Waals surface area contributed by atoms with E-state index in [1.165, 1.54) is 39.2 Å². The molecule has 11 heteroatoms. The van der Waals surface area contributed by atoms with E-state index in [0.717, 1.165) is 36.5 Å². The number of benzene rings is 1. The first-order valence-corrected chi connectivity index (χ1v) is 16.8. The number of aliphatic hydroxyl groups excluding tert-OH is 1. The summed E-state index contributed by atoms with van der Waals surface area (Å²) in [6.45, 7) is 4.92. The molecule has 3 unspecified atom stereocenters. The third kappa shape index (κ3) is 13.4. The topological polar surface area (TPSA) is 168 Å². The number of hydrogen-bond donors (Lipinski definition) is 5. The number of hydrogen-bond acceptors (Lipinski definition) is 8. The summed E-state index contributed by atoms with van der Waals surface area (Å²) in [5.41, 5.74) is 10.2. The molecule has 3 amide bonds. The van der Waals surface area contributed by atoms with Gasteiger partial charge in [-0.15, -0.1) is 11.8 Å². The van der Waals surface area contributed by atoms with Crippen LogP contribution in [-0.4, -0.2) is 84.6 Å². The van der Waals surface area contributed by atoms with Crippen molar-refractivity contribution in [2.75, 3.05) is 26.4 Å². The zero-order valence-electron chi connectivity index (χ0n) is 26.6. The predicted molar refractivity (Wildman–Crippen MR) is 174 cm³/mol. The van der Waals surface area contributed by atoms with Crippen molar-refractivity contribution in [1.82, 2.24) is 15.5 Å². The highest BCUT2D eigenvalue weighted by molar-refractivity contribution is 7.98. The molecular formula is C32H55N5O5S. The lowest BCUT2D eigenvalue weighted by molar-refractivity contribution is -0.130. The van der Waals surface area contributed by atoms with E-state index in [-0.39, 0.29) is 30.4 Å². The third-order valence-electron chi connectivity index (χ3n) is 8.36. The number of aldehydes is 1. The molecule has 1 heterocycles. The molecule has 1 aliphatic heterocycles. The quantitative estimate of drug-likeness (QED) is 0.218. The normalized spacial score (nSPS) is 21.7. The molecule has 3 fully saturated rings. The van der Waals surface area contributed by atoms with Crippen LogP contribution in [0.3, 0.4) is 0 Å². The molecule has 3 atom stereocenters. The molecule has 0 spiro atoms. The van der Waals surface area contributed by atoms with Crippen molar-refractivity contribution in [3.63, 3.8) is 0 Å². The number of carbonyl (C=O) groups is 4. The number of aliphatic hydroxyl groups is 1. The molecule has 0 bridgehead atoms. The molecular weight excluding hydrogens is 566 g/mol. The Labute approximate surface area is 262 Å². The number of nitrogens with zero attached hydrogens (tertiary/aromatic N) is 1. The molecule has 43 heavy (non-hydrogen) atoms. The minimum Gasteiger partial charge on any atom is -0.383 e. The lowest BCUT2D eigenvalue weighted by Gasteiger charge is -2.38. The number of thioether (sulfide) groups is 1. The van der Waals surface area contributed by atoms with Crippen LogP contribution in [0.25, 0.3) is 0 Å². The van der Waals surface area contributed by atoms with Crippen LogP contribution in [0, 0.1) is 5.92 Å². The fourth-order valence-electron chi connectivity index (χ4n) is 5.78. The van der Waals surface area contributed by atoms with Crippen LogP contribution < -0.4 is 22.1 Å². The van der Waals surface area contributed by atoms with Gasteiger partial charge in [-0.2, -0.15) is 0 Å². The molecule has 1 aromatic rings. The van der Waals surface area contributed by atoms with Crippen molar-refractivity contribution in [3.05, 3.63) is 29.8 Å². The van der Waals surface area contributed by atoms with Gasteiger partial charge in [-0.05, 0) is 69.7 Å². The Morgan fingerprint density at radius 3 is 2.07 bits per heavy atom. The van der Waals surface area contributed by atoms with Crippen molar-refractivity contribution in [2.45, 2.75) is 113 Å². The van der Waals surface area contributed by atoms with Gasteiger partial charge in [0.05, 0.1) is 12.1 Å². The molecule has 1 aromatic carbocycles. The SMILES string of the molecule is CC1CCCCC1.CN.CSc1ccc(C(=O)NCC(=O)N2CC(N)CC2C)cc1.O=CNC1(C(O)C=O)CCCCC1. The summed E-state index contributed by atoms with van der Waals surface area (Å²) in [5.74, 6) is 0.727. The lowest BCUT2D eigenvalue weighted by Crippen LogP contribution is -2.55. The van der Waals surface area contributed by atoms with Crippen LogP contribution in [0.5, 0.6) is 0 Å². The average Bonchev–Trinajstić information content (AvgIpc) is 3.39. The van der Waals surface area contributed by atoms with Gasteiger partial charge in [0.2, 0.25) is 12.3 Å². The second kappa shape index (κ2) is 21.3. The van der Waals surface area contributed by atoms with Crippen molar-refractivity contribution in [3.8, 4) is 0 Å². The van der Waals surface area contributed by atoms with Gasteiger partial charge in [0, 0.05) is 29.1 Å². The fraction of sp³-hybridized carbons (Fsp3) is 0.688. The summed E-state index contributed by atoms with van der Waals surface area (Å²) in [6, 6.07) is 7.50. The van der Waals surface area contributed by atoms with Crippen LogP contribution in [0.2, 0.25) is 0 Å². The fourth-order valence-corrected chi connectivity index (χ4v) is 6.19. The number of nitrogens with one attached hydrogen (secondary N) is 2. The summed E-state index contributed by atoms with van der Waals surface area (Å²) in [7, 11) is 1.50. The first kappa shape index (κ1) is 38.6. The molecule has 2 saturated carbocycles. The van der Waals surface area contributed by atoms with Crippen LogP contribution in [0.1, 0.15) is 94.8 Å². The standard InChI is InChI=1S/C15H21N3O2S.C9H15NO3.C7H14.CH5N/c1-10-7-12(16)9-18(10)14(19)8-17-15(20)11-3-5-13(21-2)6-4-11;11-6-8(13)9(10-7-12)4-2-1-3-5-9;1-7-5-3-2-4-6-7;1-2/h3-6,10,12H,7-9,16H2,1-2H3,(H,17,20);6-8,13H,1-5H2,(H,10,12);7H,2-6H2,1H3;2H2,1H3. The van der Waals surface area contributed by atoms with Crippen LogP contribution in [0.4, 0.5) is 0 Å². The van der Waals surface area contributed by atoms with Gasteiger partial charge in [-0.3, -0.25) is 14.4 Å². The zero-order chi connectivity index (χ0) is 32.3. The maximum absolute atomic E-state index is 12.1. The largest absolute Gasteiger partial charge is 0.383 e. The van der Waals surface area contributed by atoms with Crippen molar-refractivity contribution < 1.29 is 24.3 Å². The van der Waals surface area contributed by atoms with Gasteiger partial charge < -0.3 is 36.9 Å². The molecule has 0 aromatic heterocycles. The van der Waals surface area contributed by atoms with E-state index >= 15 is 0 Å². The van der Waals surface area contributed by atoms with Crippen LogP contribution in [0.15, 0.2) is 29.2 Å². The van der Waals surface area contributed by atoms with E-state index in [1.54, 1.807) is 28.8 Å². The second-order valence-corrected chi connectivity index (χ2v) is 12.5. The molecule has 10 nitrogen and oxygen atoms in total. The Hall–Kier alpha value is -2.47. The summed E-state index contributed by atoms with van der Waals surface area (Å²) in [4.78, 5) is 47.8. The van der Waals surface area contributed by atoms with Gasteiger partial charge in [-0.25, -0.2) is 0 Å². The minimum atomic E-state index is -1.07. The Bertz CT molecular complexity index is 952. The van der Waals surface area contributed by atoms with E-state index in [2.05, 4.69) is 23.3 Å². The Kier molecular flexibility index (Phi) is 19.1. The predicted octanol–water partition coefficient (Wildman–Crippen LogP) is 3.24. The molecule has 244 valence electrons. The smallest absolute Gasteiger partial charge is 0.251 e. The van der Waals surface area contributed by atoms with Gasteiger partial charge in [0.1, 0.15) is 6.10 Å². The Morgan fingerprint density at radius 1 is 1.05 bits per heavy atom. The van der Waals surface area contributed by atoms with Crippen LogP contribution in [-0.2, 0) is 14.4 Å². The van der Waals surface area contributed by atoms with E-state index in [4.69, 9.17) is 5.73 Å². The van der Waals surface area contributed by atoms with Gasteiger partial charge in [0.25, 0.3) is 5.91 Å². The van der Waals surface area contributed by atoms with Crippen molar-refractivity contribution >= 4 is 36.3 Å². The Morgan fingerprint density at radius 2 is 1.63 bits per heavy atom. The molecule has 0 radical (unpaired) electrons. The lowest BCUT2D eigenvalue weighted by atomic mass is 9.78. The number of amides is 3. The number of nitrogens with two attached hydrogens (primary N) is 2. The molecule has 2 aliphatic carbocycles. The molecule has 3 aliphatic rings. The number of carbonyl (C=O) groups excluding carboxylic acids is 4. The van der Waals surface area contributed by atoms with Crippen molar-refractivity contribution in [2.24, 2.45) is 17.4 Å². The minimum absolute atomic E-state index is 0.0141. The second-order valence-electron chi connectivity index (χ2n) is 11.6. The van der Waals surface area contributed by atoms with Gasteiger partial charge in [0.15, 0.2) is 6.29 Å². The van der Waals surface area contributed by atoms with Crippen molar-refractivity contribution in [1.29, 1.82) is 0 Å². The summed E-state index contributed by atoms with van der Waals surface area (Å²) >= 11 is 1.62. The highest BCUT2D eigenvalue weighted by Gasteiger charge is 2.38. The third-order valence-corrected chi connectivity index (χ3v) is 9.10. The molecule has 7 N–H and O–H groups in total. The summed E-state index contributed by atoms with van der Waals surface area (Å²) in [5, 5.41) is 14.7. The summed E-state index contributed by atoms with van der Waals surface area (Å²) in [6.07, 6.45) is 14.6. The number of rotatable bonds is 8. The molecule has 4 rings (SSSR count). The maximum Gasteiger partial charge on any atom is 0.251 e. The first-order chi connectivity index (χ1) is 20.7. The van der Waals surface area contributed by atoms with Crippen LogP contribution >= 0.6 is 11.8 Å². The average molecular weight is 622 g/mol. The zero-order valence-corrected chi connectivity index (χ0v) is 27.4.